The molecule has 0 unspecified atom stereocenters. The lowest BCUT2D eigenvalue weighted by Crippen LogP contribution is -1.90. The van der Waals surface area contributed by atoms with E-state index in [1.165, 1.54) is 11.8 Å². The summed E-state index contributed by atoms with van der Waals surface area (Å²) in [5.41, 5.74) is 7.50. The first kappa shape index (κ1) is 9.48. The molecule has 0 fully saturated rings. The maximum atomic E-state index is 5.77. The van der Waals surface area contributed by atoms with Crippen LogP contribution in [-0.2, 0) is 0 Å². The highest BCUT2D eigenvalue weighted by Crippen LogP contribution is 2.31. The molecule has 0 aliphatic heterocycles. The third-order valence-corrected chi connectivity index (χ3v) is 3.67. The van der Waals surface area contributed by atoms with Crippen LogP contribution in [0, 0.1) is 6.92 Å². The zero-order chi connectivity index (χ0) is 9.97. The first-order valence-corrected chi connectivity index (χ1v) is 5.76. The molecule has 72 valence electrons. The summed E-state index contributed by atoms with van der Waals surface area (Å²) < 4.78 is 0.980. The van der Waals surface area contributed by atoms with Gasteiger partial charge in [-0.3, -0.25) is 0 Å². The molecule has 0 spiro atoms. The molecule has 2 rings (SSSR count). The minimum Gasteiger partial charge on any atom is -0.397 e. The van der Waals surface area contributed by atoms with Crippen LogP contribution in [0.4, 0.5) is 5.69 Å². The Bertz CT molecular complexity index is 439. The zero-order valence-corrected chi connectivity index (χ0v) is 9.23. The SMILES string of the molecule is Cc1csc(Sc2ncccc2N)n1. The van der Waals surface area contributed by atoms with Gasteiger partial charge in [0.15, 0.2) is 4.34 Å². The second-order valence-electron chi connectivity index (χ2n) is 2.75. The molecule has 2 N–H and O–H groups in total. The van der Waals surface area contributed by atoms with E-state index in [9.17, 15) is 0 Å². The van der Waals surface area contributed by atoms with Crippen LogP contribution in [0.25, 0.3) is 0 Å². The van der Waals surface area contributed by atoms with Gasteiger partial charge in [-0.05, 0) is 30.8 Å². The van der Waals surface area contributed by atoms with Gasteiger partial charge in [0.25, 0.3) is 0 Å². The molecule has 0 aliphatic rings. The summed E-state index contributed by atoms with van der Waals surface area (Å²) in [7, 11) is 0. The van der Waals surface area contributed by atoms with E-state index < -0.39 is 0 Å². The summed E-state index contributed by atoms with van der Waals surface area (Å²) in [5, 5.41) is 2.84. The second kappa shape index (κ2) is 3.98. The number of nitrogen functional groups attached to an aromatic ring is 1. The molecule has 14 heavy (non-hydrogen) atoms. The second-order valence-corrected chi connectivity index (χ2v) is 4.85. The number of rotatable bonds is 2. The number of nitrogens with zero attached hydrogens (tertiary/aromatic N) is 2. The number of thiazole rings is 1. The molecule has 0 saturated heterocycles. The van der Waals surface area contributed by atoms with Gasteiger partial charge in [-0.15, -0.1) is 11.3 Å². The molecule has 0 saturated carbocycles. The Hall–Kier alpha value is -1.07. The van der Waals surface area contributed by atoms with Crippen LogP contribution in [0.3, 0.4) is 0 Å². The van der Waals surface area contributed by atoms with Gasteiger partial charge >= 0.3 is 0 Å². The van der Waals surface area contributed by atoms with E-state index in [-0.39, 0.29) is 0 Å². The lowest BCUT2D eigenvalue weighted by molar-refractivity contribution is 1.12. The van der Waals surface area contributed by atoms with Gasteiger partial charge in [0.2, 0.25) is 0 Å². The Morgan fingerprint density at radius 3 is 3.00 bits per heavy atom. The van der Waals surface area contributed by atoms with Gasteiger partial charge in [0.1, 0.15) is 5.03 Å². The van der Waals surface area contributed by atoms with E-state index in [4.69, 9.17) is 5.73 Å². The minimum absolute atomic E-state index is 0.699. The fourth-order valence-electron chi connectivity index (χ4n) is 0.950. The topological polar surface area (TPSA) is 51.8 Å². The predicted molar refractivity (Wildman–Crippen MR) is 59.6 cm³/mol. The monoisotopic (exact) mass is 223 g/mol. The highest BCUT2D eigenvalue weighted by atomic mass is 32.2. The third kappa shape index (κ3) is 2.05. The largest absolute Gasteiger partial charge is 0.397 e. The Morgan fingerprint density at radius 1 is 1.50 bits per heavy atom. The molecule has 0 atom stereocenters. The molecule has 0 bridgehead atoms. The summed E-state index contributed by atoms with van der Waals surface area (Å²) in [6.07, 6.45) is 1.74. The molecule has 2 aromatic rings. The zero-order valence-electron chi connectivity index (χ0n) is 7.60. The smallest absolute Gasteiger partial charge is 0.156 e. The Morgan fingerprint density at radius 2 is 2.36 bits per heavy atom. The molecule has 2 heterocycles. The van der Waals surface area contributed by atoms with Crippen molar-refractivity contribution < 1.29 is 0 Å². The van der Waals surface area contributed by atoms with Crippen LogP contribution < -0.4 is 5.73 Å². The van der Waals surface area contributed by atoms with Crippen molar-refractivity contribution in [3.63, 3.8) is 0 Å². The first-order valence-electron chi connectivity index (χ1n) is 4.06. The molecule has 3 nitrogen and oxygen atoms in total. The number of aromatic nitrogens is 2. The van der Waals surface area contributed by atoms with Crippen LogP contribution in [0.2, 0.25) is 0 Å². The summed E-state index contributed by atoms with van der Waals surface area (Å²) in [6, 6.07) is 3.67. The summed E-state index contributed by atoms with van der Waals surface area (Å²) >= 11 is 3.12. The molecular formula is C9H9N3S2. The number of aryl methyl sites for hydroxylation is 1. The number of pyridine rings is 1. The fraction of sp³-hybridized carbons (Fsp3) is 0.111. The van der Waals surface area contributed by atoms with Gasteiger partial charge in [-0.1, -0.05) is 0 Å². The number of anilines is 1. The van der Waals surface area contributed by atoms with Gasteiger partial charge < -0.3 is 5.73 Å². The van der Waals surface area contributed by atoms with Crippen molar-refractivity contribution in [1.82, 2.24) is 9.97 Å². The summed E-state index contributed by atoms with van der Waals surface area (Å²) in [4.78, 5) is 8.52. The third-order valence-electron chi connectivity index (χ3n) is 1.58. The van der Waals surface area contributed by atoms with E-state index in [0.717, 1.165) is 15.1 Å². The van der Waals surface area contributed by atoms with Crippen LogP contribution >= 0.6 is 23.1 Å². The van der Waals surface area contributed by atoms with Crippen molar-refractivity contribution in [2.45, 2.75) is 16.3 Å². The molecule has 2 aromatic heterocycles. The minimum atomic E-state index is 0.699. The quantitative estimate of drug-likeness (QED) is 0.850. The van der Waals surface area contributed by atoms with Gasteiger partial charge in [0.05, 0.1) is 5.69 Å². The van der Waals surface area contributed by atoms with E-state index in [2.05, 4.69) is 9.97 Å². The molecular weight excluding hydrogens is 214 g/mol. The van der Waals surface area contributed by atoms with Crippen LogP contribution in [-0.4, -0.2) is 9.97 Å². The van der Waals surface area contributed by atoms with Gasteiger partial charge in [-0.2, -0.15) is 0 Å². The van der Waals surface area contributed by atoms with Crippen molar-refractivity contribution in [1.29, 1.82) is 0 Å². The average molecular weight is 223 g/mol. The first-order chi connectivity index (χ1) is 6.75. The maximum absolute atomic E-state index is 5.77. The standard InChI is InChI=1S/C9H9N3S2/c1-6-5-13-9(12-6)14-8-7(10)3-2-4-11-8/h2-5H,10H2,1H3. The van der Waals surface area contributed by atoms with E-state index in [1.54, 1.807) is 17.5 Å². The summed E-state index contributed by atoms with van der Waals surface area (Å²) in [6.45, 7) is 1.97. The lowest BCUT2D eigenvalue weighted by Gasteiger charge is -1.99. The molecule has 0 aliphatic carbocycles. The van der Waals surface area contributed by atoms with Crippen molar-refractivity contribution >= 4 is 28.8 Å². The van der Waals surface area contributed by atoms with Crippen LogP contribution in [0.5, 0.6) is 0 Å². The Labute approximate surface area is 90.4 Å². The van der Waals surface area contributed by atoms with Gasteiger partial charge in [0, 0.05) is 17.3 Å². The van der Waals surface area contributed by atoms with Gasteiger partial charge in [-0.25, -0.2) is 9.97 Å². The lowest BCUT2D eigenvalue weighted by atomic mass is 10.4. The van der Waals surface area contributed by atoms with Crippen molar-refractivity contribution in [2.75, 3.05) is 5.73 Å². The number of nitrogens with two attached hydrogens (primary N) is 1. The highest BCUT2D eigenvalue weighted by Gasteiger charge is 2.05. The average Bonchev–Trinajstić information content (AvgIpc) is 2.56. The van der Waals surface area contributed by atoms with Crippen molar-refractivity contribution in [2.24, 2.45) is 0 Å². The van der Waals surface area contributed by atoms with E-state index in [1.807, 2.05) is 24.4 Å². The van der Waals surface area contributed by atoms with Crippen LogP contribution in [0.1, 0.15) is 5.69 Å². The Balaban J connectivity index is 2.23. The van der Waals surface area contributed by atoms with E-state index >= 15 is 0 Å². The Kier molecular flexibility index (Phi) is 2.69. The maximum Gasteiger partial charge on any atom is 0.156 e. The normalized spacial score (nSPS) is 10.4. The molecule has 0 amide bonds. The highest BCUT2D eigenvalue weighted by molar-refractivity contribution is 8.01. The molecule has 0 radical (unpaired) electrons. The molecule has 0 aromatic carbocycles. The molecule has 5 heteroatoms. The number of hydrogen-bond donors (Lipinski definition) is 1. The predicted octanol–water partition coefficient (Wildman–Crippen LogP) is 2.58. The van der Waals surface area contributed by atoms with Crippen LogP contribution in [0.15, 0.2) is 33.1 Å². The van der Waals surface area contributed by atoms with E-state index in [0.29, 0.717) is 5.69 Å². The van der Waals surface area contributed by atoms with Crippen molar-refractivity contribution in [3.05, 3.63) is 29.4 Å². The van der Waals surface area contributed by atoms with Crippen molar-refractivity contribution in [3.8, 4) is 0 Å². The fourth-order valence-corrected chi connectivity index (χ4v) is 2.70. The summed E-state index contributed by atoms with van der Waals surface area (Å²) in [5.74, 6) is 0. The number of hydrogen-bond acceptors (Lipinski definition) is 5.